The number of nitrogens with one attached hydrogen (secondary N) is 1. The standard InChI is InChI=1S/C20H16BrN5O/c21-17-12-22-26(13-17)14-25-11-10-19(24-25)20(27)23-18-8-6-16(7-9-18)15-4-2-1-3-5-15/h1-13H,14H2,(H,23,27). The molecule has 27 heavy (non-hydrogen) atoms. The van der Waals surface area contributed by atoms with Crippen LogP contribution in [0.1, 0.15) is 10.5 Å². The molecule has 0 radical (unpaired) electrons. The van der Waals surface area contributed by atoms with Crippen LogP contribution >= 0.6 is 15.9 Å². The Kier molecular flexibility index (Phi) is 4.84. The smallest absolute Gasteiger partial charge is 0.276 e. The van der Waals surface area contributed by atoms with E-state index < -0.39 is 0 Å². The van der Waals surface area contributed by atoms with Crippen LogP contribution in [0.3, 0.4) is 0 Å². The normalized spacial score (nSPS) is 10.7. The van der Waals surface area contributed by atoms with E-state index in [0.29, 0.717) is 12.4 Å². The summed E-state index contributed by atoms with van der Waals surface area (Å²) in [5.41, 5.74) is 3.32. The molecule has 2 aromatic carbocycles. The molecular formula is C20H16BrN5O. The monoisotopic (exact) mass is 421 g/mol. The van der Waals surface area contributed by atoms with Gasteiger partial charge in [-0.15, -0.1) is 0 Å². The minimum Gasteiger partial charge on any atom is -0.321 e. The van der Waals surface area contributed by atoms with Crippen LogP contribution in [0.4, 0.5) is 5.69 Å². The van der Waals surface area contributed by atoms with Crippen LogP contribution in [-0.2, 0) is 6.67 Å². The van der Waals surface area contributed by atoms with Gasteiger partial charge in [0.05, 0.1) is 10.7 Å². The zero-order valence-electron chi connectivity index (χ0n) is 14.3. The van der Waals surface area contributed by atoms with Crippen molar-refractivity contribution in [1.82, 2.24) is 19.6 Å². The van der Waals surface area contributed by atoms with E-state index in [-0.39, 0.29) is 5.91 Å². The molecule has 0 atom stereocenters. The molecule has 0 aliphatic rings. The Morgan fingerprint density at radius 3 is 2.41 bits per heavy atom. The van der Waals surface area contributed by atoms with Gasteiger partial charge in [0.15, 0.2) is 5.69 Å². The second-order valence-corrected chi connectivity index (χ2v) is 6.89. The molecule has 0 fully saturated rings. The number of hydrogen-bond donors (Lipinski definition) is 1. The first-order valence-corrected chi connectivity index (χ1v) is 9.15. The molecule has 0 saturated carbocycles. The second-order valence-electron chi connectivity index (χ2n) is 5.98. The lowest BCUT2D eigenvalue weighted by Gasteiger charge is -2.06. The molecule has 6 nitrogen and oxygen atoms in total. The van der Waals surface area contributed by atoms with Crippen molar-refractivity contribution in [3.05, 3.63) is 89.4 Å². The Morgan fingerprint density at radius 1 is 0.963 bits per heavy atom. The summed E-state index contributed by atoms with van der Waals surface area (Å²) in [5, 5.41) is 11.4. The van der Waals surface area contributed by atoms with Gasteiger partial charge in [-0.25, -0.2) is 4.68 Å². The molecule has 0 aliphatic heterocycles. The second kappa shape index (κ2) is 7.59. The van der Waals surface area contributed by atoms with E-state index in [0.717, 1.165) is 21.3 Å². The number of aromatic nitrogens is 4. The first-order valence-electron chi connectivity index (χ1n) is 8.36. The molecule has 0 saturated heterocycles. The van der Waals surface area contributed by atoms with Crippen molar-refractivity contribution >= 4 is 27.5 Å². The van der Waals surface area contributed by atoms with E-state index in [2.05, 4.69) is 43.6 Å². The maximum absolute atomic E-state index is 12.4. The third-order valence-electron chi connectivity index (χ3n) is 4.01. The molecule has 0 spiro atoms. The molecule has 0 bridgehead atoms. The lowest BCUT2D eigenvalue weighted by molar-refractivity contribution is 0.102. The van der Waals surface area contributed by atoms with Gasteiger partial charge in [-0.1, -0.05) is 42.5 Å². The number of halogens is 1. The summed E-state index contributed by atoms with van der Waals surface area (Å²) < 4.78 is 4.28. The predicted octanol–water partition coefficient (Wildman–Crippen LogP) is 4.27. The van der Waals surface area contributed by atoms with E-state index in [1.807, 2.05) is 48.7 Å². The maximum Gasteiger partial charge on any atom is 0.276 e. The van der Waals surface area contributed by atoms with E-state index >= 15 is 0 Å². The number of nitrogens with zero attached hydrogens (tertiary/aromatic N) is 4. The van der Waals surface area contributed by atoms with Crippen molar-refractivity contribution in [3.8, 4) is 11.1 Å². The van der Waals surface area contributed by atoms with Crippen molar-refractivity contribution in [2.24, 2.45) is 0 Å². The van der Waals surface area contributed by atoms with Crippen LogP contribution < -0.4 is 5.32 Å². The number of carbonyl (C=O) groups is 1. The molecule has 4 aromatic rings. The molecule has 1 N–H and O–H groups in total. The highest BCUT2D eigenvalue weighted by Crippen LogP contribution is 2.21. The number of rotatable bonds is 5. The fraction of sp³-hybridized carbons (Fsp3) is 0.0500. The zero-order valence-corrected chi connectivity index (χ0v) is 15.9. The van der Waals surface area contributed by atoms with Crippen LogP contribution in [-0.4, -0.2) is 25.5 Å². The number of amides is 1. The third-order valence-corrected chi connectivity index (χ3v) is 4.42. The topological polar surface area (TPSA) is 64.7 Å². The van der Waals surface area contributed by atoms with Crippen LogP contribution in [0.25, 0.3) is 11.1 Å². The molecule has 1 amide bonds. The molecule has 2 aromatic heterocycles. The van der Waals surface area contributed by atoms with Gasteiger partial charge in [0, 0.05) is 18.1 Å². The minimum absolute atomic E-state index is 0.247. The molecular weight excluding hydrogens is 406 g/mol. The molecule has 0 aliphatic carbocycles. The van der Waals surface area contributed by atoms with Crippen molar-refractivity contribution in [3.63, 3.8) is 0 Å². The summed E-state index contributed by atoms with van der Waals surface area (Å²) in [6.45, 7) is 0.435. The first-order chi connectivity index (χ1) is 13.2. The van der Waals surface area contributed by atoms with Gasteiger partial charge >= 0.3 is 0 Å². The van der Waals surface area contributed by atoms with E-state index in [9.17, 15) is 4.79 Å². The van der Waals surface area contributed by atoms with Gasteiger partial charge in [-0.2, -0.15) is 10.2 Å². The summed E-state index contributed by atoms with van der Waals surface area (Å²) in [6.07, 6.45) is 5.30. The highest BCUT2D eigenvalue weighted by Gasteiger charge is 2.10. The Labute approximate surface area is 164 Å². The summed E-state index contributed by atoms with van der Waals surface area (Å²) in [5.74, 6) is -0.247. The Hall–Kier alpha value is -3.19. The van der Waals surface area contributed by atoms with Crippen LogP contribution in [0, 0.1) is 0 Å². The lowest BCUT2D eigenvalue weighted by Crippen LogP contribution is -2.14. The third kappa shape index (κ3) is 4.15. The van der Waals surface area contributed by atoms with E-state index in [1.54, 1.807) is 27.8 Å². The quantitative estimate of drug-likeness (QED) is 0.523. The highest BCUT2D eigenvalue weighted by molar-refractivity contribution is 9.10. The number of hydrogen-bond acceptors (Lipinski definition) is 3. The van der Waals surface area contributed by atoms with Crippen molar-refractivity contribution < 1.29 is 4.79 Å². The fourth-order valence-electron chi connectivity index (χ4n) is 2.70. The van der Waals surface area contributed by atoms with E-state index in [1.165, 1.54) is 0 Å². The van der Waals surface area contributed by atoms with E-state index in [4.69, 9.17) is 0 Å². The maximum atomic E-state index is 12.4. The Balaban J connectivity index is 1.42. The van der Waals surface area contributed by atoms with Gasteiger partial charge in [-0.3, -0.25) is 9.48 Å². The van der Waals surface area contributed by atoms with Crippen molar-refractivity contribution in [1.29, 1.82) is 0 Å². The van der Waals surface area contributed by atoms with Crippen LogP contribution in [0.5, 0.6) is 0 Å². The largest absolute Gasteiger partial charge is 0.321 e. The lowest BCUT2D eigenvalue weighted by atomic mass is 10.1. The van der Waals surface area contributed by atoms with Crippen molar-refractivity contribution in [2.75, 3.05) is 5.32 Å². The summed E-state index contributed by atoms with van der Waals surface area (Å²) >= 11 is 3.35. The summed E-state index contributed by atoms with van der Waals surface area (Å²) in [4.78, 5) is 12.4. The fourth-order valence-corrected chi connectivity index (χ4v) is 3.03. The minimum atomic E-state index is -0.247. The Bertz CT molecular complexity index is 1050. The SMILES string of the molecule is O=C(Nc1ccc(-c2ccccc2)cc1)c1ccn(Cn2cc(Br)cn2)n1. The predicted molar refractivity (Wildman–Crippen MR) is 107 cm³/mol. The number of carbonyl (C=O) groups excluding carboxylic acids is 1. The number of anilines is 1. The number of benzene rings is 2. The first kappa shape index (κ1) is 17.2. The average molecular weight is 422 g/mol. The van der Waals surface area contributed by atoms with Gasteiger partial charge < -0.3 is 5.32 Å². The van der Waals surface area contributed by atoms with Crippen LogP contribution in [0.2, 0.25) is 0 Å². The van der Waals surface area contributed by atoms with Gasteiger partial charge in [0.2, 0.25) is 0 Å². The average Bonchev–Trinajstić information content (AvgIpc) is 3.32. The zero-order chi connectivity index (χ0) is 18.6. The summed E-state index contributed by atoms with van der Waals surface area (Å²) in [6, 6.07) is 19.5. The molecule has 0 unspecified atom stereocenters. The van der Waals surface area contributed by atoms with Gasteiger partial charge in [0.25, 0.3) is 5.91 Å². The van der Waals surface area contributed by atoms with Gasteiger partial charge in [-0.05, 0) is 45.3 Å². The Morgan fingerprint density at radius 2 is 1.70 bits per heavy atom. The molecule has 7 heteroatoms. The van der Waals surface area contributed by atoms with Crippen molar-refractivity contribution in [2.45, 2.75) is 6.67 Å². The highest BCUT2D eigenvalue weighted by atomic mass is 79.9. The van der Waals surface area contributed by atoms with Crippen LogP contribution in [0.15, 0.2) is 83.7 Å². The molecule has 134 valence electrons. The molecule has 2 heterocycles. The molecule has 4 rings (SSSR count). The van der Waals surface area contributed by atoms with Gasteiger partial charge in [0.1, 0.15) is 6.67 Å². The summed E-state index contributed by atoms with van der Waals surface area (Å²) in [7, 11) is 0.